The summed E-state index contributed by atoms with van der Waals surface area (Å²) in [5, 5.41) is 12.7. The Hall–Kier alpha value is -1.99. The van der Waals surface area contributed by atoms with Gasteiger partial charge in [0.25, 0.3) is 5.91 Å². The molecule has 0 radical (unpaired) electrons. The van der Waals surface area contributed by atoms with Crippen molar-refractivity contribution in [3.8, 4) is 5.75 Å². The summed E-state index contributed by atoms with van der Waals surface area (Å²) in [7, 11) is 1.48. The van der Waals surface area contributed by atoms with E-state index in [2.05, 4.69) is 19.2 Å². The number of likely N-dealkylation sites (tertiary alicyclic amines) is 1. The Kier molecular flexibility index (Phi) is 7.55. The minimum atomic E-state index is -0.771. The van der Waals surface area contributed by atoms with Crippen LogP contribution in [-0.2, 0) is 4.79 Å². The zero-order chi connectivity index (χ0) is 20.9. The van der Waals surface area contributed by atoms with Gasteiger partial charge in [-0.2, -0.15) is 0 Å². The number of piperidine rings is 1. The highest BCUT2D eigenvalue weighted by Gasteiger charge is 2.36. The van der Waals surface area contributed by atoms with Crippen molar-refractivity contribution in [2.45, 2.75) is 39.2 Å². The third-order valence-electron chi connectivity index (χ3n) is 5.45. The maximum absolute atomic E-state index is 12.7. The normalized spacial score (nSPS) is 22.1. The van der Waals surface area contributed by atoms with Gasteiger partial charge >= 0.3 is 5.97 Å². The first-order chi connectivity index (χ1) is 13.2. The number of nitrogens with one attached hydrogen (secondary N) is 1. The van der Waals surface area contributed by atoms with Crippen molar-refractivity contribution >= 4 is 29.2 Å². The summed E-state index contributed by atoms with van der Waals surface area (Å²) >= 11 is 6.06. The minimum absolute atomic E-state index is 0.00682. The second kappa shape index (κ2) is 9.47. The van der Waals surface area contributed by atoms with Crippen LogP contribution in [0.3, 0.4) is 0 Å². The molecule has 0 aliphatic carbocycles. The number of aliphatic carboxylic acids is 1. The fraction of sp³-hybridized carbons (Fsp3) is 0.600. The molecule has 1 fully saturated rings. The monoisotopic (exact) mass is 412 g/mol. The largest absolute Gasteiger partial charge is 0.496 e. The standard InChI is InChI=1S/C20H30ClN3O4/c1-13(2)4-7-24(12-19(25)26)8-5-14(6-9-24)23-20(27)15-10-16(21)17(22)11-18(15)28-3/h10-11,13-14H,4-9,12H2,1-3H3,(H3-,22,23,25,26,27)/p+1. The molecule has 0 saturated carbocycles. The van der Waals surface area contributed by atoms with Crippen molar-refractivity contribution in [2.24, 2.45) is 5.92 Å². The van der Waals surface area contributed by atoms with Crippen LogP contribution in [0.2, 0.25) is 5.02 Å². The van der Waals surface area contributed by atoms with E-state index in [1.807, 2.05) is 0 Å². The Morgan fingerprint density at radius 2 is 2.00 bits per heavy atom. The van der Waals surface area contributed by atoms with Gasteiger partial charge in [0.2, 0.25) is 0 Å². The van der Waals surface area contributed by atoms with E-state index in [0.29, 0.717) is 32.4 Å². The Morgan fingerprint density at radius 3 is 2.54 bits per heavy atom. The van der Waals surface area contributed by atoms with Gasteiger partial charge in [0.05, 0.1) is 43.0 Å². The number of ether oxygens (including phenoxy) is 1. The predicted molar refractivity (Wildman–Crippen MR) is 110 cm³/mol. The quantitative estimate of drug-likeness (QED) is 0.450. The van der Waals surface area contributed by atoms with Crippen molar-refractivity contribution in [3.05, 3.63) is 22.7 Å². The lowest BCUT2D eigenvalue weighted by atomic mass is 9.99. The molecule has 1 aliphatic heterocycles. The van der Waals surface area contributed by atoms with Crippen LogP contribution in [-0.4, -0.2) is 60.8 Å². The molecule has 7 nitrogen and oxygen atoms in total. The molecular formula is C20H31ClN3O4+. The van der Waals surface area contributed by atoms with Crippen molar-refractivity contribution in [1.82, 2.24) is 5.32 Å². The van der Waals surface area contributed by atoms with Crippen molar-refractivity contribution in [2.75, 3.05) is 39.0 Å². The number of nitrogen functional groups attached to an aromatic ring is 1. The van der Waals surface area contributed by atoms with Gasteiger partial charge in [-0.1, -0.05) is 25.4 Å². The molecule has 1 saturated heterocycles. The molecule has 0 atom stereocenters. The minimum Gasteiger partial charge on any atom is -0.496 e. The average molecular weight is 413 g/mol. The molecule has 0 spiro atoms. The number of nitrogens with zero attached hydrogens (tertiary/aromatic N) is 1. The lowest BCUT2D eigenvalue weighted by molar-refractivity contribution is -0.926. The molecule has 28 heavy (non-hydrogen) atoms. The van der Waals surface area contributed by atoms with Crippen LogP contribution in [0.15, 0.2) is 12.1 Å². The van der Waals surface area contributed by atoms with Crippen molar-refractivity contribution < 1.29 is 23.9 Å². The summed E-state index contributed by atoms with van der Waals surface area (Å²) in [5.74, 6) is -0.122. The van der Waals surface area contributed by atoms with Gasteiger partial charge in [-0.15, -0.1) is 0 Å². The van der Waals surface area contributed by atoms with Crippen LogP contribution in [0.1, 0.15) is 43.5 Å². The fourth-order valence-electron chi connectivity index (χ4n) is 3.72. The van der Waals surface area contributed by atoms with Crippen LogP contribution in [0.25, 0.3) is 0 Å². The molecule has 0 bridgehead atoms. The molecule has 156 valence electrons. The van der Waals surface area contributed by atoms with E-state index in [9.17, 15) is 14.7 Å². The van der Waals surface area contributed by atoms with Gasteiger partial charge in [-0.3, -0.25) is 4.79 Å². The third-order valence-corrected chi connectivity index (χ3v) is 5.78. The van der Waals surface area contributed by atoms with E-state index >= 15 is 0 Å². The predicted octanol–water partition coefficient (Wildman–Crippen LogP) is 2.77. The topological polar surface area (TPSA) is 102 Å². The number of carbonyl (C=O) groups is 2. The van der Waals surface area contributed by atoms with Crippen LogP contribution in [0.5, 0.6) is 5.75 Å². The summed E-state index contributed by atoms with van der Waals surface area (Å²) in [6.07, 6.45) is 2.47. The van der Waals surface area contributed by atoms with E-state index in [-0.39, 0.29) is 18.5 Å². The fourth-order valence-corrected chi connectivity index (χ4v) is 3.88. The van der Waals surface area contributed by atoms with Gasteiger partial charge in [0, 0.05) is 24.9 Å². The highest BCUT2D eigenvalue weighted by molar-refractivity contribution is 6.33. The number of nitrogens with two attached hydrogens (primary N) is 1. The van der Waals surface area contributed by atoms with Crippen LogP contribution in [0, 0.1) is 5.92 Å². The molecule has 1 aromatic carbocycles. The number of quaternary nitrogens is 1. The summed E-state index contributed by atoms with van der Waals surface area (Å²) < 4.78 is 5.84. The van der Waals surface area contributed by atoms with E-state index in [4.69, 9.17) is 22.1 Å². The summed E-state index contributed by atoms with van der Waals surface area (Å²) in [6, 6.07) is 3.05. The molecule has 2 rings (SSSR count). The number of rotatable bonds is 8. The Morgan fingerprint density at radius 1 is 1.36 bits per heavy atom. The van der Waals surface area contributed by atoms with E-state index in [1.165, 1.54) is 13.2 Å². The number of anilines is 1. The molecular weight excluding hydrogens is 382 g/mol. The second-order valence-electron chi connectivity index (χ2n) is 8.07. The zero-order valence-electron chi connectivity index (χ0n) is 16.8. The number of benzene rings is 1. The molecule has 1 heterocycles. The van der Waals surface area contributed by atoms with Gasteiger partial charge in [-0.05, 0) is 18.4 Å². The average Bonchev–Trinajstić information content (AvgIpc) is 2.63. The van der Waals surface area contributed by atoms with E-state index in [1.54, 1.807) is 6.07 Å². The zero-order valence-corrected chi connectivity index (χ0v) is 17.6. The smallest absolute Gasteiger partial charge is 0.359 e. The maximum Gasteiger partial charge on any atom is 0.359 e. The Labute approximate surface area is 171 Å². The first-order valence-corrected chi connectivity index (χ1v) is 10.0. The van der Waals surface area contributed by atoms with Crippen molar-refractivity contribution in [3.63, 3.8) is 0 Å². The van der Waals surface area contributed by atoms with Crippen LogP contribution in [0.4, 0.5) is 5.69 Å². The highest BCUT2D eigenvalue weighted by atomic mass is 35.5. The number of methoxy groups -OCH3 is 1. The number of halogens is 1. The molecule has 1 aromatic rings. The number of amides is 1. The van der Waals surface area contributed by atoms with Crippen LogP contribution < -0.4 is 15.8 Å². The number of carboxylic acid groups (broad SMARTS) is 1. The van der Waals surface area contributed by atoms with Crippen molar-refractivity contribution in [1.29, 1.82) is 0 Å². The first-order valence-electron chi connectivity index (χ1n) is 9.66. The first kappa shape index (κ1) is 22.3. The van der Waals surface area contributed by atoms with Gasteiger partial charge in [0.15, 0.2) is 6.54 Å². The lowest BCUT2D eigenvalue weighted by Gasteiger charge is -2.43. The Bertz CT molecular complexity index is 716. The third kappa shape index (κ3) is 5.75. The molecule has 1 aliphatic rings. The number of carboxylic acids is 1. The van der Waals surface area contributed by atoms with Crippen LogP contribution >= 0.6 is 11.6 Å². The molecule has 4 N–H and O–H groups in total. The summed E-state index contributed by atoms with van der Waals surface area (Å²) in [4.78, 5) is 24.1. The maximum atomic E-state index is 12.7. The van der Waals surface area contributed by atoms with E-state index in [0.717, 1.165) is 38.9 Å². The van der Waals surface area contributed by atoms with E-state index < -0.39 is 5.97 Å². The SMILES string of the molecule is COc1cc(N)c(Cl)cc1C(=O)NC1CC[N+](CCC(C)C)(CC(=O)O)CC1. The molecule has 0 unspecified atom stereocenters. The molecule has 0 aromatic heterocycles. The van der Waals surface area contributed by atoms with Gasteiger partial charge < -0.3 is 25.4 Å². The Balaban J connectivity index is 2.03. The molecule has 8 heteroatoms. The highest BCUT2D eigenvalue weighted by Crippen LogP contribution is 2.29. The van der Waals surface area contributed by atoms with Gasteiger partial charge in [0.1, 0.15) is 5.75 Å². The molecule has 1 amide bonds. The second-order valence-corrected chi connectivity index (χ2v) is 8.48. The number of hydrogen-bond acceptors (Lipinski definition) is 4. The van der Waals surface area contributed by atoms with Gasteiger partial charge in [-0.25, -0.2) is 4.79 Å². The number of carbonyl (C=O) groups excluding carboxylic acids is 1. The summed E-state index contributed by atoms with van der Waals surface area (Å²) in [6.45, 7) is 6.76. The summed E-state index contributed by atoms with van der Waals surface area (Å²) in [5.41, 5.74) is 6.48. The number of hydrogen-bond donors (Lipinski definition) is 3. The lowest BCUT2D eigenvalue weighted by Crippen LogP contribution is -2.59.